The number of likely N-dealkylation sites (N-methyl/N-ethyl adjacent to an activating group) is 1. The van der Waals surface area contributed by atoms with E-state index in [1.54, 1.807) is 19.4 Å². The second kappa shape index (κ2) is 9.51. The van der Waals surface area contributed by atoms with Crippen molar-refractivity contribution >= 4 is 38.4 Å². The highest BCUT2D eigenvalue weighted by Gasteiger charge is 2.21. The average molecular weight is 497 g/mol. The molecule has 0 saturated carbocycles. The molecule has 1 aliphatic heterocycles. The molecule has 168 valence electrons. The second-order valence-corrected chi connectivity index (χ2v) is 9.12. The van der Waals surface area contributed by atoms with Crippen molar-refractivity contribution in [2.24, 2.45) is 0 Å². The zero-order valence-corrected chi connectivity index (χ0v) is 20.7. The second-order valence-electron chi connectivity index (χ2n) is 8.20. The van der Waals surface area contributed by atoms with Crippen LogP contribution in [0.25, 0.3) is 27.7 Å². The van der Waals surface area contributed by atoms with Crippen LogP contribution in [-0.4, -0.2) is 55.5 Å². The minimum absolute atomic E-state index is 0.0541. The number of furan rings is 1. The summed E-state index contributed by atoms with van der Waals surface area (Å²) in [6.45, 7) is 10.5. The highest BCUT2D eigenvalue weighted by atomic mass is 79.9. The molecule has 3 aromatic rings. The van der Waals surface area contributed by atoms with E-state index < -0.39 is 0 Å². The van der Waals surface area contributed by atoms with Gasteiger partial charge in [-0.2, -0.15) is 0 Å². The van der Waals surface area contributed by atoms with Crippen LogP contribution in [-0.2, 0) is 4.79 Å². The zero-order chi connectivity index (χ0) is 22.8. The summed E-state index contributed by atoms with van der Waals surface area (Å²) in [5.74, 6) is 0.796. The predicted molar refractivity (Wildman–Crippen MR) is 133 cm³/mol. The normalized spacial score (nSPS) is 15.4. The van der Waals surface area contributed by atoms with Crippen molar-refractivity contribution < 1.29 is 13.9 Å². The number of piperazine rings is 1. The van der Waals surface area contributed by atoms with Gasteiger partial charge in [-0.1, -0.05) is 35.0 Å². The first-order valence-corrected chi connectivity index (χ1v) is 11.8. The number of rotatable bonds is 5. The van der Waals surface area contributed by atoms with Gasteiger partial charge >= 0.3 is 0 Å². The molecule has 2 aromatic carbocycles. The minimum Gasteiger partial charge on any atom is -0.496 e. The Bertz CT molecular complexity index is 1160. The van der Waals surface area contributed by atoms with E-state index in [9.17, 15) is 4.79 Å². The maximum Gasteiger partial charge on any atom is 0.246 e. The first-order valence-electron chi connectivity index (χ1n) is 11.0. The van der Waals surface area contributed by atoms with E-state index in [2.05, 4.69) is 46.0 Å². The first-order chi connectivity index (χ1) is 15.4. The molecule has 1 saturated heterocycles. The van der Waals surface area contributed by atoms with Gasteiger partial charge in [0.25, 0.3) is 0 Å². The van der Waals surface area contributed by atoms with Crippen LogP contribution in [0.4, 0.5) is 0 Å². The fourth-order valence-electron chi connectivity index (χ4n) is 4.36. The molecule has 5 nitrogen and oxygen atoms in total. The largest absolute Gasteiger partial charge is 0.496 e. The SMILES string of the molecule is CCN1CCN(C(=O)/C=C(\C)c2cc3c(-c4ccc(Br)cc4)coc3c(C)c2OC)CC1. The predicted octanol–water partition coefficient (Wildman–Crippen LogP) is 5.75. The number of nitrogens with zero attached hydrogens (tertiary/aromatic N) is 2. The quantitative estimate of drug-likeness (QED) is 0.422. The van der Waals surface area contributed by atoms with E-state index in [1.807, 2.05) is 30.9 Å². The van der Waals surface area contributed by atoms with Gasteiger partial charge in [0.2, 0.25) is 5.91 Å². The number of allylic oxidation sites excluding steroid dienone is 1. The summed E-state index contributed by atoms with van der Waals surface area (Å²) in [5.41, 5.74) is 5.64. The van der Waals surface area contributed by atoms with Gasteiger partial charge in [-0.05, 0) is 49.7 Å². The summed E-state index contributed by atoms with van der Waals surface area (Å²) in [4.78, 5) is 17.3. The molecule has 1 aliphatic rings. The Morgan fingerprint density at radius 1 is 1.19 bits per heavy atom. The Kier molecular flexibility index (Phi) is 6.72. The molecule has 0 atom stereocenters. The minimum atomic E-state index is 0.0541. The molecule has 1 fully saturated rings. The third-order valence-corrected chi connectivity index (χ3v) is 6.83. The van der Waals surface area contributed by atoms with Gasteiger partial charge in [-0.3, -0.25) is 4.79 Å². The third-order valence-electron chi connectivity index (χ3n) is 6.30. The molecule has 0 N–H and O–H groups in total. The van der Waals surface area contributed by atoms with E-state index >= 15 is 0 Å². The lowest BCUT2D eigenvalue weighted by atomic mass is 9.96. The molecular weight excluding hydrogens is 468 g/mol. The van der Waals surface area contributed by atoms with Crippen LogP contribution < -0.4 is 4.74 Å². The molecule has 1 aromatic heterocycles. The van der Waals surface area contributed by atoms with Crippen LogP contribution in [0.2, 0.25) is 0 Å². The molecule has 0 spiro atoms. The van der Waals surface area contributed by atoms with Crippen LogP contribution in [0.15, 0.2) is 51.6 Å². The number of methoxy groups -OCH3 is 1. The van der Waals surface area contributed by atoms with E-state index in [-0.39, 0.29) is 5.91 Å². The van der Waals surface area contributed by atoms with Crippen molar-refractivity contribution in [3.8, 4) is 16.9 Å². The van der Waals surface area contributed by atoms with Crippen LogP contribution >= 0.6 is 15.9 Å². The smallest absolute Gasteiger partial charge is 0.246 e. The van der Waals surface area contributed by atoms with Gasteiger partial charge in [0.15, 0.2) is 0 Å². The summed E-state index contributed by atoms with van der Waals surface area (Å²) in [6.07, 6.45) is 3.53. The molecule has 32 heavy (non-hydrogen) atoms. The van der Waals surface area contributed by atoms with E-state index in [1.165, 1.54) is 0 Å². The number of aryl methyl sites for hydroxylation is 1. The van der Waals surface area contributed by atoms with Crippen molar-refractivity contribution in [3.63, 3.8) is 0 Å². The Morgan fingerprint density at radius 3 is 2.50 bits per heavy atom. The lowest BCUT2D eigenvalue weighted by Crippen LogP contribution is -2.48. The standard InChI is InChI=1S/C26H29BrN2O3/c1-5-28-10-12-29(13-11-28)24(30)14-17(2)21-15-22-23(19-6-8-20(27)9-7-19)16-32-26(22)18(3)25(21)31-4/h6-9,14-16H,5,10-13H2,1-4H3/b17-14+. The molecule has 0 unspecified atom stereocenters. The van der Waals surface area contributed by atoms with E-state index in [0.717, 1.165) is 81.7 Å². The molecule has 0 bridgehead atoms. The van der Waals surface area contributed by atoms with Gasteiger partial charge in [0.05, 0.1) is 13.4 Å². The maximum atomic E-state index is 13.0. The lowest BCUT2D eigenvalue weighted by molar-refractivity contribution is -0.127. The average Bonchev–Trinajstić information content (AvgIpc) is 3.24. The van der Waals surface area contributed by atoms with Crippen molar-refractivity contribution in [1.82, 2.24) is 9.80 Å². The van der Waals surface area contributed by atoms with Crippen LogP contribution in [0.3, 0.4) is 0 Å². The van der Waals surface area contributed by atoms with E-state index in [0.29, 0.717) is 0 Å². The molecule has 0 aliphatic carbocycles. The summed E-state index contributed by atoms with van der Waals surface area (Å²) in [6, 6.07) is 10.3. The fraction of sp³-hybridized carbons (Fsp3) is 0.346. The summed E-state index contributed by atoms with van der Waals surface area (Å²) < 4.78 is 12.7. The number of hydrogen-bond acceptors (Lipinski definition) is 4. The highest BCUT2D eigenvalue weighted by molar-refractivity contribution is 9.10. The van der Waals surface area contributed by atoms with Crippen LogP contribution in [0, 0.1) is 6.92 Å². The molecule has 4 rings (SSSR count). The van der Waals surface area contributed by atoms with Gasteiger partial charge in [-0.25, -0.2) is 0 Å². The van der Waals surface area contributed by atoms with Crippen molar-refractivity contribution in [2.75, 3.05) is 39.8 Å². The Labute approximate surface area is 197 Å². The number of ether oxygens (including phenoxy) is 1. The van der Waals surface area contributed by atoms with Gasteiger partial charge in [-0.15, -0.1) is 0 Å². The third kappa shape index (κ3) is 4.34. The van der Waals surface area contributed by atoms with Crippen molar-refractivity contribution in [3.05, 3.63) is 58.3 Å². The number of amides is 1. The zero-order valence-electron chi connectivity index (χ0n) is 19.1. The van der Waals surface area contributed by atoms with Gasteiger partial charge in [0, 0.05) is 58.8 Å². The van der Waals surface area contributed by atoms with Crippen molar-refractivity contribution in [2.45, 2.75) is 20.8 Å². The van der Waals surface area contributed by atoms with Gasteiger partial charge in [0.1, 0.15) is 11.3 Å². The molecule has 1 amide bonds. The lowest BCUT2D eigenvalue weighted by Gasteiger charge is -2.33. The number of benzene rings is 2. The maximum absolute atomic E-state index is 13.0. The number of halogens is 1. The Hall–Kier alpha value is -2.57. The van der Waals surface area contributed by atoms with Gasteiger partial charge < -0.3 is 19.0 Å². The monoisotopic (exact) mass is 496 g/mol. The highest BCUT2D eigenvalue weighted by Crippen LogP contribution is 2.40. The molecule has 0 radical (unpaired) electrons. The summed E-state index contributed by atoms with van der Waals surface area (Å²) in [7, 11) is 1.66. The molecule has 6 heteroatoms. The first kappa shape index (κ1) is 22.6. The molecule has 2 heterocycles. The number of carbonyl (C=O) groups is 1. The fourth-order valence-corrected chi connectivity index (χ4v) is 4.63. The van der Waals surface area contributed by atoms with Crippen molar-refractivity contribution in [1.29, 1.82) is 0 Å². The number of carbonyl (C=O) groups excluding carboxylic acids is 1. The Morgan fingerprint density at radius 2 is 1.88 bits per heavy atom. The summed E-state index contributed by atoms with van der Waals surface area (Å²) >= 11 is 3.50. The van der Waals surface area contributed by atoms with Crippen LogP contribution in [0.1, 0.15) is 25.0 Å². The van der Waals surface area contributed by atoms with Crippen LogP contribution in [0.5, 0.6) is 5.75 Å². The number of fused-ring (bicyclic) bond motifs is 1. The number of hydrogen-bond donors (Lipinski definition) is 0. The topological polar surface area (TPSA) is 45.9 Å². The molecular formula is C26H29BrN2O3. The Balaban J connectivity index is 1.72. The summed E-state index contributed by atoms with van der Waals surface area (Å²) in [5, 5.41) is 1.01. The van der Waals surface area contributed by atoms with E-state index in [4.69, 9.17) is 9.15 Å².